The van der Waals surface area contributed by atoms with Crippen LogP contribution >= 0.6 is 11.3 Å². The van der Waals surface area contributed by atoms with Gasteiger partial charge in [-0.05, 0) is 47.5 Å². The maximum Gasteiger partial charge on any atom is 0.275 e. The molecule has 0 aliphatic heterocycles. The van der Waals surface area contributed by atoms with Gasteiger partial charge in [-0.3, -0.25) is 4.79 Å². The molecule has 0 atom stereocenters. The summed E-state index contributed by atoms with van der Waals surface area (Å²) in [6.07, 6.45) is 1.57. The van der Waals surface area contributed by atoms with Crippen LogP contribution in [0.4, 0.5) is 0 Å². The Kier molecular flexibility index (Phi) is 4.10. The summed E-state index contributed by atoms with van der Waals surface area (Å²) in [6.45, 7) is 1.97. The van der Waals surface area contributed by atoms with Crippen LogP contribution in [0, 0.1) is 6.92 Å². The summed E-state index contributed by atoms with van der Waals surface area (Å²) in [5, 5.41) is 16.9. The number of benzene rings is 3. The Bertz CT molecular complexity index is 1160. The van der Waals surface area contributed by atoms with Crippen molar-refractivity contribution in [2.75, 3.05) is 0 Å². The van der Waals surface area contributed by atoms with E-state index in [2.05, 4.69) is 15.5 Å². The summed E-state index contributed by atoms with van der Waals surface area (Å²) in [4.78, 5) is 16.7. The van der Waals surface area contributed by atoms with Crippen LogP contribution in [0.1, 0.15) is 20.9 Å². The molecule has 128 valence electrons. The highest BCUT2D eigenvalue weighted by Crippen LogP contribution is 2.25. The Balaban J connectivity index is 1.54. The number of carbonyl (C=O) groups is 1. The van der Waals surface area contributed by atoms with Crippen molar-refractivity contribution in [3.8, 4) is 5.75 Å². The fourth-order valence-corrected chi connectivity index (χ4v) is 3.65. The molecule has 0 fully saturated rings. The minimum absolute atomic E-state index is 0.0713. The zero-order chi connectivity index (χ0) is 18.1. The van der Waals surface area contributed by atoms with E-state index in [1.807, 2.05) is 49.4 Å². The number of hydrogen-bond donors (Lipinski definition) is 2. The SMILES string of the molecule is Cc1nc2ccc(/C=N/NC(=O)c3cc4ccccc4cc3O)cc2s1. The van der Waals surface area contributed by atoms with Crippen molar-refractivity contribution in [3.05, 3.63) is 70.7 Å². The fraction of sp³-hybridized carbons (Fsp3) is 0.0500. The molecule has 0 saturated carbocycles. The number of phenols is 1. The molecule has 4 rings (SSSR count). The van der Waals surface area contributed by atoms with Crippen molar-refractivity contribution in [1.82, 2.24) is 10.4 Å². The van der Waals surface area contributed by atoms with E-state index in [9.17, 15) is 9.90 Å². The Hall–Kier alpha value is -3.25. The molecular formula is C20H15N3O2S. The summed E-state index contributed by atoms with van der Waals surface area (Å²) in [7, 11) is 0. The number of carbonyl (C=O) groups excluding carboxylic acids is 1. The average Bonchev–Trinajstić information content (AvgIpc) is 3.00. The minimum atomic E-state index is -0.459. The van der Waals surface area contributed by atoms with Gasteiger partial charge in [-0.25, -0.2) is 10.4 Å². The smallest absolute Gasteiger partial charge is 0.275 e. The van der Waals surface area contributed by atoms with E-state index in [-0.39, 0.29) is 11.3 Å². The van der Waals surface area contributed by atoms with Gasteiger partial charge in [0, 0.05) is 0 Å². The van der Waals surface area contributed by atoms with E-state index < -0.39 is 5.91 Å². The highest BCUT2D eigenvalue weighted by atomic mass is 32.1. The van der Waals surface area contributed by atoms with Gasteiger partial charge in [-0.1, -0.05) is 30.3 Å². The number of fused-ring (bicyclic) bond motifs is 2. The van der Waals surface area contributed by atoms with Gasteiger partial charge >= 0.3 is 0 Å². The molecule has 1 aromatic heterocycles. The fourth-order valence-electron chi connectivity index (χ4n) is 2.77. The number of hydrazone groups is 1. The maximum atomic E-state index is 12.3. The molecule has 0 bridgehead atoms. The first-order chi connectivity index (χ1) is 12.6. The van der Waals surface area contributed by atoms with Crippen LogP contribution in [0.3, 0.4) is 0 Å². The van der Waals surface area contributed by atoms with Gasteiger partial charge in [0.15, 0.2) is 0 Å². The maximum absolute atomic E-state index is 12.3. The third-order valence-electron chi connectivity index (χ3n) is 4.01. The summed E-state index contributed by atoms with van der Waals surface area (Å²) in [5.74, 6) is -0.530. The number of phenolic OH excluding ortho intramolecular Hbond substituents is 1. The lowest BCUT2D eigenvalue weighted by atomic mass is 10.1. The van der Waals surface area contributed by atoms with Crippen LogP contribution in [-0.2, 0) is 0 Å². The zero-order valence-electron chi connectivity index (χ0n) is 13.9. The molecule has 0 aliphatic rings. The highest BCUT2D eigenvalue weighted by molar-refractivity contribution is 7.18. The first-order valence-electron chi connectivity index (χ1n) is 8.02. The topological polar surface area (TPSA) is 74.6 Å². The average molecular weight is 361 g/mol. The largest absolute Gasteiger partial charge is 0.507 e. The molecule has 0 saturated heterocycles. The lowest BCUT2D eigenvalue weighted by molar-refractivity contribution is 0.0952. The molecule has 0 unspecified atom stereocenters. The Morgan fingerprint density at radius 2 is 1.92 bits per heavy atom. The zero-order valence-corrected chi connectivity index (χ0v) is 14.7. The molecule has 3 aromatic carbocycles. The number of nitrogens with one attached hydrogen (secondary N) is 1. The van der Waals surface area contributed by atoms with Gasteiger partial charge in [-0.15, -0.1) is 11.3 Å². The minimum Gasteiger partial charge on any atom is -0.507 e. The van der Waals surface area contributed by atoms with Crippen LogP contribution in [0.15, 0.2) is 59.7 Å². The number of aromatic nitrogens is 1. The van der Waals surface area contributed by atoms with E-state index in [4.69, 9.17) is 0 Å². The molecule has 0 spiro atoms. The molecule has 1 amide bonds. The number of aryl methyl sites for hydroxylation is 1. The third-order valence-corrected chi connectivity index (χ3v) is 4.94. The van der Waals surface area contributed by atoms with Crippen molar-refractivity contribution >= 4 is 44.4 Å². The van der Waals surface area contributed by atoms with E-state index in [0.717, 1.165) is 31.6 Å². The molecule has 2 N–H and O–H groups in total. The van der Waals surface area contributed by atoms with Crippen molar-refractivity contribution in [1.29, 1.82) is 0 Å². The van der Waals surface area contributed by atoms with Gasteiger partial charge in [0.25, 0.3) is 5.91 Å². The summed E-state index contributed by atoms with van der Waals surface area (Å²) in [5.41, 5.74) is 4.47. The molecule has 0 aliphatic carbocycles. The predicted molar refractivity (Wildman–Crippen MR) is 105 cm³/mol. The lowest BCUT2D eigenvalue weighted by Gasteiger charge is -2.05. The van der Waals surface area contributed by atoms with Crippen molar-refractivity contribution in [3.63, 3.8) is 0 Å². The summed E-state index contributed by atoms with van der Waals surface area (Å²) in [6, 6.07) is 16.6. The van der Waals surface area contributed by atoms with Crippen LogP contribution < -0.4 is 5.43 Å². The number of amides is 1. The summed E-state index contributed by atoms with van der Waals surface area (Å²) >= 11 is 1.61. The number of thiazole rings is 1. The normalized spacial score (nSPS) is 11.4. The van der Waals surface area contributed by atoms with Crippen LogP contribution in [0.5, 0.6) is 5.75 Å². The molecular weight excluding hydrogens is 346 g/mol. The van der Waals surface area contributed by atoms with Gasteiger partial charge in [0.1, 0.15) is 5.75 Å². The predicted octanol–water partition coefficient (Wildman–Crippen LogP) is 4.23. The van der Waals surface area contributed by atoms with Gasteiger partial charge in [0.2, 0.25) is 0 Å². The van der Waals surface area contributed by atoms with Gasteiger partial charge in [-0.2, -0.15) is 5.10 Å². The third kappa shape index (κ3) is 3.14. The molecule has 5 nitrogen and oxygen atoms in total. The molecule has 4 aromatic rings. The molecule has 0 radical (unpaired) electrons. The quantitative estimate of drug-likeness (QED) is 0.424. The van der Waals surface area contributed by atoms with Crippen LogP contribution in [-0.4, -0.2) is 22.2 Å². The summed E-state index contributed by atoms with van der Waals surface area (Å²) < 4.78 is 1.07. The van der Waals surface area contributed by atoms with Crippen LogP contribution in [0.2, 0.25) is 0 Å². The molecule has 1 heterocycles. The number of rotatable bonds is 3. The highest BCUT2D eigenvalue weighted by Gasteiger charge is 2.11. The first-order valence-corrected chi connectivity index (χ1v) is 8.84. The van der Waals surface area contributed by atoms with E-state index in [1.54, 1.807) is 29.7 Å². The first kappa shape index (κ1) is 16.2. The number of nitrogens with zero attached hydrogens (tertiary/aromatic N) is 2. The number of aromatic hydroxyl groups is 1. The second-order valence-corrected chi connectivity index (χ2v) is 7.11. The van der Waals surface area contributed by atoms with Crippen molar-refractivity contribution < 1.29 is 9.90 Å². The van der Waals surface area contributed by atoms with Gasteiger partial charge in [0.05, 0.1) is 27.0 Å². The molecule has 26 heavy (non-hydrogen) atoms. The molecule has 6 heteroatoms. The second kappa shape index (κ2) is 6.57. The van der Waals surface area contributed by atoms with Crippen LogP contribution in [0.25, 0.3) is 21.0 Å². The Morgan fingerprint density at radius 1 is 1.15 bits per heavy atom. The monoisotopic (exact) mass is 361 g/mol. The van der Waals surface area contributed by atoms with E-state index in [1.165, 1.54) is 0 Å². The Labute approximate surface area is 153 Å². The van der Waals surface area contributed by atoms with Gasteiger partial charge < -0.3 is 5.11 Å². The van der Waals surface area contributed by atoms with Crippen molar-refractivity contribution in [2.24, 2.45) is 5.10 Å². The Morgan fingerprint density at radius 3 is 2.73 bits per heavy atom. The van der Waals surface area contributed by atoms with E-state index >= 15 is 0 Å². The standard InChI is InChI=1S/C20H15N3O2S/c1-12-22-17-7-6-13(8-19(17)26-12)11-21-23-20(25)16-9-14-4-2-3-5-15(14)10-18(16)24/h2-11,24H,1H3,(H,23,25)/b21-11+. The lowest BCUT2D eigenvalue weighted by Crippen LogP contribution is -2.17. The second-order valence-electron chi connectivity index (χ2n) is 5.88. The van der Waals surface area contributed by atoms with E-state index in [0.29, 0.717) is 0 Å². The number of hydrogen-bond acceptors (Lipinski definition) is 5. The van der Waals surface area contributed by atoms with Crippen molar-refractivity contribution in [2.45, 2.75) is 6.92 Å².